The molecule has 1 aromatic carbocycles. The lowest BCUT2D eigenvalue weighted by Gasteiger charge is -2.44. The van der Waals surface area contributed by atoms with E-state index in [1.807, 2.05) is 7.05 Å². The van der Waals surface area contributed by atoms with Gasteiger partial charge in [-0.3, -0.25) is 4.90 Å². The number of likely N-dealkylation sites (tertiary alicyclic amines) is 1. The fraction of sp³-hybridized carbons (Fsp3) is 0.684. The van der Waals surface area contributed by atoms with E-state index in [9.17, 15) is 0 Å². The number of rotatable bonds is 4. The normalized spacial score (nSPS) is 22.5. The molecule has 0 bridgehead atoms. The van der Waals surface area contributed by atoms with Crippen LogP contribution in [0.15, 0.2) is 24.3 Å². The second kappa shape index (κ2) is 6.93. The summed E-state index contributed by atoms with van der Waals surface area (Å²) in [6.45, 7) is 4.71. The van der Waals surface area contributed by atoms with Crippen molar-refractivity contribution in [1.82, 2.24) is 10.2 Å². The van der Waals surface area contributed by atoms with E-state index in [0.29, 0.717) is 0 Å². The van der Waals surface area contributed by atoms with Gasteiger partial charge in [0.1, 0.15) is 0 Å². The van der Waals surface area contributed by atoms with Gasteiger partial charge in [0, 0.05) is 13.1 Å². The van der Waals surface area contributed by atoms with E-state index in [2.05, 4.69) is 34.5 Å². The molecule has 1 heterocycles. The maximum absolute atomic E-state index is 3.24. The lowest BCUT2D eigenvalue weighted by atomic mass is 9.68. The largest absolute Gasteiger partial charge is 0.316 e. The molecule has 1 saturated heterocycles. The summed E-state index contributed by atoms with van der Waals surface area (Å²) in [5.41, 5.74) is 3.60. The van der Waals surface area contributed by atoms with Crippen molar-refractivity contribution in [1.29, 1.82) is 0 Å². The van der Waals surface area contributed by atoms with Gasteiger partial charge in [-0.05, 0) is 62.4 Å². The summed E-state index contributed by atoms with van der Waals surface area (Å²) in [5, 5.41) is 3.24. The molecule has 21 heavy (non-hydrogen) atoms. The van der Waals surface area contributed by atoms with Crippen molar-refractivity contribution in [2.45, 2.75) is 58.0 Å². The molecule has 1 saturated carbocycles. The van der Waals surface area contributed by atoms with Crippen molar-refractivity contribution in [3.05, 3.63) is 35.4 Å². The third kappa shape index (κ3) is 3.87. The minimum atomic E-state index is 0.725. The third-order valence-electron chi connectivity index (χ3n) is 5.61. The van der Waals surface area contributed by atoms with Crippen molar-refractivity contribution < 1.29 is 0 Å². The highest BCUT2D eigenvalue weighted by molar-refractivity contribution is 5.23. The van der Waals surface area contributed by atoms with Crippen LogP contribution >= 0.6 is 0 Å². The average molecular weight is 286 g/mol. The summed E-state index contributed by atoms with van der Waals surface area (Å²) in [7, 11) is 2.01. The molecule has 2 heteroatoms. The summed E-state index contributed by atoms with van der Waals surface area (Å²) < 4.78 is 0. The zero-order valence-corrected chi connectivity index (χ0v) is 13.5. The second-order valence-corrected chi connectivity index (χ2v) is 7.19. The van der Waals surface area contributed by atoms with Gasteiger partial charge in [-0.25, -0.2) is 0 Å². The minimum absolute atomic E-state index is 0.725. The van der Waals surface area contributed by atoms with Gasteiger partial charge in [0.25, 0.3) is 0 Å². The van der Waals surface area contributed by atoms with Crippen LogP contribution in [0, 0.1) is 5.41 Å². The first kappa shape index (κ1) is 15.1. The van der Waals surface area contributed by atoms with Crippen LogP contribution in [-0.4, -0.2) is 25.0 Å². The number of piperidine rings is 1. The highest BCUT2D eigenvalue weighted by Gasteiger charge is 2.35. The Morgan fingerprint density at radius 1 is 1.00 bits per heavy atom. The van der Waals surface area contributed by atoms with Crippen LogP contribution in [-0.2, 0) is 13.1 Å². The van der Waals surface area contributed by atoms with E-state index >= 15 is 0 Å². The zero-order chi connectivity index (χ0) is 14.5. The quantitative estimate of drug-likeness (QED) is 0.901. The molecular formula is C19H30N2. The molecule has 0 atom stereocenters. The average Bonchev–Trinajstić information content (AvgIpc) is 2.52. The summed E-state index contributed by atoms with van der Waals surface area (Å²) in [6.07, 6.45) is 10.3. The van der Waals surface area contributed by atoms with Gasteiger partial charge in [0.05, 0.1) is 0 Å². The van der Waals surface area contributed by atoms with E-state index < -0.39 is 0 Å². The Hall–Kier alpha value is -0.860. The highest BCUT2D eigenvalue weighted by Crippen LogP contribution is 2.44. The Bertz CT molecular complexity index is 439. The molecule has 1 aliphatic heterocycles. The molecule has 0 amide bonds. The molecule has 0 radical (unpaired) electrons. The molecule has 2 aliphatic rings. The van der Waals surface area contributed by atoms with Crippen molar-refractivity contribution >= 4 is 0 Å². The first-order valence-corrected chi connectivity index (χ1v) is 8.74. The fourth-order valence-electron chi connectivity index (χ4n) is 4.29. The van der Waals surface area contributed by atoms with Gasteiger partial charge in [0.2, 0.25) is 0 Å². The fourth-order valence-corrected chi connectivity index (χ4v) is 4.29. The molecule has 0 unspecified atom stereocenters. The monoisotopic (exact) mass is 286 g/mol. The number of nitrogens with zero attached hydrogens (tertiary/aromatic N) is 1. The first-order valence-electron chi connectivity index (χ1n) is 8.74. The molecule has 1 aromatic rings. The maximum atomic E-state index is 3.24. The number of benzene rings is 1. The van der Waals surface area contributed by atoms with Gasteiger partial charge in [-0.2, -0.15) is 0 Å². The van der Waals surface area contributed by atoms with E-state index in [-0.39, 0.29) is 0 Å². The summed E-state index contributed by atoms with van der Waals surface area (Å²) >= 11 is 0. The Balaban J connectivity index is 1.54. The van der Waals surface area contributed by atoms with Crippen molar-refractivity contribution in [2.24, 2.45) is 5.41 Å². The van der Waals surface area contributed by atoms with Gasteiger partial charge in [-0.15, -0.1) is 0 Å². The van der Waals surface area contributed by atoms with Crippen LogP contribution < -0.4 is 5.32 Å². The smallest absolute Gasteiger partial charge is 0.0233 e. The number of hydrogen-bond acceptors (Lipinski definition) is 2. The van der Waals surface area contributed by atoms with Crippen LogP contribution in [0.2, 0.25) is 0 Å². The van der Waals surface area contributed by atoms with Crippen LogP contribution in [0.5, 0.6) is 0 Å². The van der Waals surface area contributed by atoms with E-state index in [1.165, 1.54) is 69.2 Å². The molecule has 0 aromatic heterocycles. The van der Waals surface area contributed by atoms with Crippen LogP contribution in [0.25, 0.3) is 0 Å². The van der Waals surface area contributed by atoms with Crippen molar-refractivity contribution in [3.8, 4) is 0 Å². The maximum Gasteiger partial charge on any atom is 0.0233 e. The highest BCUT2D eigenvalue weighted by atomic mass is 15.1. The molecule has 2 nitrogen and oxygen atoms in total. The van der Waals surface area contributed by atoms with Crippen molar-refractivity contribution in [2.75, 3.05) is 20.1 Å². The molecule has 2 fully saturated rings. The molecule has 1 N–H and O–H groups in total. The third-order valence-corrected chi connectivity index (χ3v) is 5.61. The Labute approximate surface area is 129 Å². The standard InChI is InChI=1S/C19H30N2/c1-20-15-17-6-5-7-18(14-17)16-21-12-10-19(11-13-21)8-3-2-4-9-19/h5-7,14,20H,2-4,8-13,15-16H2,1H3. The minimum Gasteiger partial charge on any atom is -0.316 e. The van der Waals surface area contributed by atoms with Crippen molar-refractivity contribution in [3.63, 3.8) is 0 Å². The van der Waals surface area contributed by atoms with Crippen LogP contribution in [0.4, 0.5) is 0 Å². The number of hydrogen-bond donors (Lipinski definition) is 1. The number of nitrogens with one attached hydrogen (secondary N) is 1. The molecular weight excluding hydrogens is 256 g/mol. The SMILES string of the molecule is CNCc1cccc(CN2CCC3(CCCCC3)CC2)c1. The van der Waals surface area contributed by atoms with Gasteiger partial charge >= 0.3 is 0 Å². The van der Waals surface area contributed by atoms with E-state index in [0.717, 1.165) is 18.5 Å². The van der Waals surface area contributed by atoms with Gasteiger partial charge < -0.3 is 5.32 Å². The van der Waals surface area contributed by atoms with Crippen LogP contribution in [0.3, 0.4) is 0 Å². The Morgan fingerprint density at radius 2 is 1.71 bits per heavy atom. The van der Waals surface area contributed by atoms with Crippen LogP contribution in [0.1, 0.15) is 56.1 Å². The molecule has 1 aliphatic carbocycles. The topological polar surface area (TPSA) is 15.3 Å². The lowest BCUT2D eigenvalue weighted by Crippen LogP contribution is -2.40. The first-order chi connectivity index (χ1) is 10.3. The second-order valence-electron chi connectivity index (χ2n) is 7.19. The molecule has 116 valence electrons. The Morgan fingerprint density at radius 3 is 2.43 bits per heavy atom. The van der Waals surface area contributed by atoms with E-state index in [4.69, 9.17) is 0 Å². The van der Waals surface area contributed by atoms with Gasteiger partial charge in [-0.1, -0.05) is 43.5 Å². The Kier molecular flexibility index (Phi) is 4.97. The summed E-state index contributed by atoms with van der Waals surface area (Å²) in [6, 6.07) is 9.06. The summed E-state index contributed by atoms with van der Waals surface area (Å²) in [4.78, 5) is 2.67. The van der Waals surface area contributed by atoms with Gasteiger partial charge in [0.15, 0.2) is 0 Å². The molecule has 1 spiro atoms. The zero-order valence-electron chi connectivity index (χ0n) is 13.5. The lowest BCUT2D eigenvalue weighted by molar-refractivity contribution is 0.0641. The van der Waals surface area contributed by atoms with E-state index in [1.54, 1.807) is 0 Å². The predicted molar refractivity (Wildman–Crippen MR) is 89.2 cm³/mol. The predicted octanol–water partition coefficient (Wildman–Crippen LogP) is 3.95. The molecule has 3 rings (SSSR count). The summed E-state index contributed by atoms with van der Waals surface area (Å²) in [5.74, 6) is 0.